The molecule has 0 amide bonds. The first-order valence-electron chi connectivity index (χ1n) is 10.1. The fourth-order valence-electron chi connectivity index (χ4n) is 4.19. The van der Waals surface area contributed by atoms with Crippen molar-refractivity contribution in [3.05, 3.63) is 42.5 Å². The number of sulfonamides is 1. The van der Waals surface area contributed by atoms with Crippen LogP contribution in [-0.2, 0) is 14.8 Å². The number of nitrogens with one attached hydrogen (secondary N) is 2. The van der Waals surface area contributed by atoms with Crippen LogP contribution in [-0.4, -0.2) is 52.6 Å². The van der Waals surface area contributed by atoms with E-state index < -0.39 is 10.0 Å². The molecule has 156 valence electrons. The largest absolute Gasteiger partial charge is 0.490 e. The summed E-state index contributed by atoms with van der Waals surface area (Å²) in [7, 11) is -3.21. The third-order valence-electron chi connectivity index (χ3n) is 5.54. The molecule has 2 aliphatic rings. The van der Waals surface area contributed by atoms with Crippen molar-refractivity contribution in [2.45, 2.75) is 56.2 Å². The second-order valence-electron chi connectivity index (χ2n) is 7.84. The van der Waals surface area contributed by atoms with Gasteiger partial charge in [-0.2, -0.15) is 0 Å². The molecule has 1 aliphatic heterocycles. The maximum Gasteiger partial charge on any atom is 0.209 e. The van der Waals surface area contributed by atoms with Crippen molar-refractivity contribution in [1.82, 2.24) is 10.0 Å². The zero-order chi connectivity index (χ0) is 20.0. The van der Waals surface area contributed by atoms with Gasteiger partial charge in [0.15, 0.2) is 0 Å². The lowest BCUT2D eigenvalue weighted by Gasteiger charge is -2.33. The highest BCUT2D eigenvalue weighted by Gasteiger charge is 2.31. The number of hydrogen-bond donors (Lipinski definition) is 2. The maximum atomic E-state index is 11.6. The molecule has 0 spiro atoms. The Morgan fingerprint density at radius 3 is 2.96 bits per heavy atom. The van der Waals surface area contributed by atoms with Gasteiger partial charge in [0, 0.05) is 12.1 Å². The van der Waals surface area contributed by atoms with Crippen LogP contribution in [0.2, 0.25) is 0 Å². The Kier molecular flexibility index (Phi) is 7.51. The van der Waals surface area contributed by atoms with Gasteiger partial charge in [-0.3, -0.25) is 0 Å². The second-order valence-corrected chi connectivity index (χ2v) is 9.62. The van der Waals surface area contributed by atoms with Gasteiger partial charge in [0.2, 0.25) is 10.0 Å². The molecule has 1 aliphatic carbocycles. The van der Waals surface area contributed by atoms with E-state index in [9.17, 15) is 8.42 Å². The first kappa shape index (κ1) is 21.3. The molecule has 28 heavy (non-hydrogen) atoms. The molecular weight excluding hydrogens is 376 g/mol. The molecule has 2 N–H and O–H groups in total. The molecule has 7 heteroatoms. The standard InChI is InChI=1S/C21H32N2O4S/c1-3-12-26-18-7-4-6-16(13-18)17-9-10-19(14-17)27-15-21-20(8-5-11-22-21)23-28(2,24)25/h3-4,6-7,13,17,19-23H,1,5,8-12,14-15H2,2H3/t17?,19?,20?,21-/m0/s1. The average Bonchev–Trinajstić information content (AvgIpc) is 3.14. The minimum absolute atomic E-state index is 0.0261. The molecule has 6 nitrogen and oxygen atoms in total. The molecule has 1 aromatic rings. The molecular formula is C21H32N2O4S. The molecule has 0 radical (unpaired) electrons. The highest BCUT2D eigenvalue weighted by Crippen LogP contribution is 2.37. The minimum Gasteiger partial charge on any atom is -0.490 e. The minimum atomic E-state index is -3.21. The van der Waals surface area contributed by atoms with Crippen molar-refractivity contribution in [1.29, 1.82) is 0 Å². The number of piperidine rings is 1. The fourth-order valence-corrected chi connectivity index (χ4v) is 5.02. The fraction of sp³-hybridized carbons (Fsp3) is 0.619. The van der Waals surface area contributed by atoms with Crippen LogP contribution in [0.1, 0.15) is 43.6 Å². The van der Waals surface area contributed by atoms with E-state index in [4.69, 9.17) is 9.47 Å². The van der Waals surface area contributed by atoms with Crippen LogP contribution in [0.25, 0.3) is 0 Å². The van der Waals surface area contributed by atoms with Crippen LogP contribution in [0.4, 0.5) is 0 Å². The summed E-state index contributed by atoms with van der Waals surface area (Å²) in [6.07, 6.45) is 8.11. The molecule has 1 saturated carbocycles. The van der Waals surface area contributed by atoms with Gasteiger partial charge in [0.25, 0.3) is 0 Å². The van der Waals surface area contributed by atoms with Crippen molar-refractivity contribution < 1.29 is 17.9 Å². The van der Waals surface area contributed by atoms with Crippen molar-refractivity contribution in [2.75, 3.05) is 26.0 Å². The Bertz CT molecular complexity index is 753. The van der Waals surface area contributed by atoms with E-state index in [2.05, 4.69) is 28.8 Å². The topological polar surface area (TPSA) is 76.7 Å². The smallest absolute Gasteiger partial charge is 0.209 e. The highest BCUT2D eigenvalue weighted by atomic mass is 32.2. The lowest BCUT2D eigenvalue weighted by atomic mass is 9.97. The average molecular weight is 409 g/mol. The van der Waals surface area contributed by atoms with Crippen LogP contribution in [0, 0.1) is 0 Å². The number of benzene rings is 1. The maximum absolute atomic E-state index is 11.6. The van der Waals surface area contributed by atoms with Crippen molar-refractivity contribution >= 4 is 10.0 Å². The van der Waals surface area contributed by atoms with Crippen LogP contribution in [0.5, 0.6) is 5.75 Å². The molecule has 1 heterocycles. The van der Waals surface area contributed by atoms with Gasteiger partial charge in [-0.25, -0.2) is 13.1 Å². The Morgan fingerprint density at radius 2 is 2.18 bits per heavy atom. The molecule has 0 aromatic heterocycles. The third-order valence-corrected chi connectivity index (χ3v) is 6.27. The Balaban J connectivity index is 1.51. The van der Waals surface area contributed by atoms with E-state index in [-0.39, 0.29) is 18.2 Å². The van der Waals surface area contributed by atoms with Crippen LogP contribution in [0.3, 0.4) is 0 Å². The first-order valence-corrected chi connectivity index (χ1v) is 12.0. The second kappa shape index (κ2) is 9.87. The zero-order valence-corrected chi connectivity index (χ0v) is 17.4. The van der Waals surface area contributed by atoms with E-state index in [1.54, 1.807) is 6.08 Å². The van der Waals surface area contributed by atoms with Crippen molar-refractivity contribution in [3.63, 3.8) is 0 Å². The van der Waals surface area contributed by atoms with Gasteiger partial charge in [0.1, 0.15) is 12.4 Å². The third kappa shape index (κ3) is 6.30. The molecule has 3 rings (SSSR count). The van der Waals surface area contributed by atoms with Gasteiger partial charge in [-0.1, -0.05) is 24.8 Å². The lowest BCUT2D eigenvalue weighted by Crippen LogP contribution is -2.55. The number of rotatable bonds is 9. The van der Waals surface area contributed by atoms with Crippen molar-refractivity contribution in [2.24, 2.45) is 0 Å². The van der Waals surface area contributed by atoms with Gasteiger partial charge in [-0.15, -0.1) is 0 Å². The number of hydrogen-bond acceptors (Lipinski definition) is 5. The summed E-state index contributed by atoms with van der Waals surface area (Å²) in [4.78, 5) is 0. The molecule has 4 atom stereocenters. The normalized spacial score (nSPS) is 28.2. The molecule has 1 saturated heterocycles. The predicted molar refractivity (Wildman–Crippen MR) is 111 cm³/mol. The Hall–Kier alpha value is -1.41. The van der Waals surface area contributed by atoms with E-state index in [1.807, 2.05) is 12.1 Å². The van der Waals surface area contributed by atoms with Gasteiger partial charge >= 0.3 is 0 Å². The Labute approximate surface area is 168 Å². The van der Waals surface area contributed by atoms with Gasteiger partial charge < -0.3 is 14.8 Å². The molecule has 3 unspecified atom stereocenters. The quantitative estimate of drug-likeness (QED) is 0.614. The van der Waals surface area contributed by atoms with E-state index >= 15 is 0 Å². The van der Waals surface area contributed by atoms with Crippen LogP contribution in [0.15, 0.2) is 36.9 Å². The van der Waals surface area contributed by atoms with E-state index in [0.29, 0.717) is 19.1 Å². The summed E-state index contributed by atoms with van der Waals surface area (Å²) in [6.45, 7) is 5.63. The summed E-state index contributed by atoms with van der Waals surface area (Å²) < 4.78 is 37.8. The molecule has 1 aromatic carbocycles. The lowest BCUT2D eigenvalue weighted by molar-refractivity contribution is 0.0321. The molecule has 2 fully saturated rings. The summed E-state index contributed by atoms with van der Waals surface area (Å²) in [5.74, 6) is 1.35. The van der Waals surface area contributed by atoms with Crippen LogP contribution < -0.4 is 14.8 Å². The first-order chi connectivity index (χ1) is 13.4. The SMILES string of the molecule is C=CCOc1cccc(C2CCC(OC[C@@H]3NCCCC3NS(C)(=O)=O)C2)c1. The summed E-state index contributed by atoms with van der Waals surface area (Å²) in [6, 6.07) is 8.21. The highest BCUT2D eigenvalue weighted by molar-refractivity contribution is 7.88. The van der Waals surface area contributed by atoms with E-state index in [1.165, 1.54) is 11.8 Å². The Morgan fingerprint density at radius 1 is 1.32 bits per heavy atom. The van der Waals surface area contributed by atoms with Crippen molar-refractivity contribution in [3.8, 4) is 5.75 Å². The summed E-state index contributed by atoms with van der Waals surface area (Å²) in [5, 5.41) is 3.41. The zero-order valence-electron chi connectivity index (χ0n) is 16.6. The summed E-state index contributed by atoms with van der Waals surface area (Å²) >= 11 is 0. The van der Waals surface area contributed by atoms with Gasteiger partial charge in [0.05, 0.1) is 19.0 Å². The summed E-state index contributed by atoms with van der Waals surface area (Å²) in [5.41, 5.74) is 1.29. The molecule has 0 bridgehead atoms. The van der Waals surface area contributed by atoms with Gasteiger partial charge in [-0.05, 0) is 62.3 Å². The number of ether oxygens (including phenoxy) is 2. The predicted octanol–water partition coefficient (Wildman–Crippen LogP) is 2.57. The van der Waals surface area contributed by atoms with Crippen LogP contribution >= 0.6 is 0 Å². The van der Waals surface area contributed by atoms with E-state index in [0.717, 1.165) is 44.4 Å². The monoisotopic (exact) mass is 408 g/mol.